The van der Waals surface area contributed by atoms with Gasteiger partial charge in [0.15, 0.2) is 11.4 Å². The highest BCUT2D eigenvalue weighted by atomic mass is 35.5. The predicted molar refractivity (Wildman–Crippen MR) is 111 cm³/mol. The van der Waals surface area contributed by atoms with Crippen LogP contribution in [0.2, 0.25) is 5.02 Å². The first-order valence-corrected chi connectivity index (χ1v) is 9.67. The number of ether oxygens (including phenoxy) is 2. The van der Waals surface area contributed by atoms with Crippen molar-refractivity contribution >= 4 is 28.3 Å². The van der Waals surface area contributed by atoms with Gasteiger partial charge >= 0.3 is 5.97 Å². The highest BCUT2D eigenvalue weighted by molar-refractivity contribution is 6.30. The standard InChI is InChI=1S/C22H22ClNO5/c1-4-5-8-28-22(27)18-19(25)17-11-15(6-7-16(17)21(26)24-18)29-20-12(2)9-14(23)10-13(20)3/h6-7,9-11,25H,4-5,8H2,1-3H3,(H,24,26). The number of benzene rings is 2. The van der Waals surface area contributed by atoms with Gasteiger partial charge in [-0.25, -0.2) is 9.78 Å². The van der Waals surface area contributed by atoms with Crippen LogP contribution in [0.15, 0.2) is 30.3 Å². The van der Waals surface area contributed by atoms with Gasteiger partial charge in [-0.2, -0.15) is 0 Å². The van der Waals surface area contributed by atoms with Crippen LogP contribution < -0.4 is 4.74 Å². The molecule has 7 heteroatoms. The number of hydrogen-bond donors (Lipinski definition) is 2. The minimum Gasteiger partial charge on any atom is -0.505 e. The molecule has 3 rings (SSSR count). The molecule has 0 unspecified atom stereocenters. The Hall–Kier alpha value is -2.99. The Labute approximate surface area is 173 Å². The molecule has 2 aromatic carbocycles. The molecule has 1 heterocycles. The highest BCUT2D eigenvalue weighted by Gasteiger charge is 2.21. The zero-order valence-corrected chi connectivity index (χ0v) is 17.2. The quantitative estimate of drug-likeness (QED) is 0.398. The molecule has 0 aliphatic rings. The Morgan fingerprint density at radius 2 is 1.79 bits per heavy atom. The average molecular weight is 416 g/mol. The average Bonchev–Trinajstić information content (AvgIpc) is 2.67. The van der Waals surface area contributed by atoms with Crippen LogP contribution in [0.3, 0.4) is 0 Å². The molecule has 0 bridgehead atoms. The van der Waals surface area contributed by atoms with Gasteiger partial charge < -0.3 is 19.7 Å². The molecule has 0 aliphatic heterocycles. The van der Waals surface area contributed by atoms with E-state index >= 15 is 0 Å². The normalized spacial score (nSPS) is 10.9. The maximum Gasteiger partial charge on any atom is 0.360 e. The first kappa shape index (κ1) is 20.7. The number of halogens is 1. The third-order valence-electron chi connectivity index (χ3n) is 4.50. The lowest BCUT2D eigenvalue weighted by Crippen LogP contribution is -2.09. The van der Waals surface area contributed by atoms with Gasteiger partial charge in [0, 0.05) is 15.8 Å². The molecule has 0 spiro atoms. The van der Waals surface area contributed by atoms with Crippen LogP contribution in [0.4, 0.5) is 0 Å². The number of nitrogens with zero attached hydrogens (tertiary/aromatic N) is 1. The summed E-state index contributed by atoms with van der Waals surface area (Å²) in [6, 6.07) is 8.35. The molecule has 2 N–H and O–H groups in total. The number of carbonyl (C=O) groups is 1. The van der Waals surface area contributed by atoms with Crippen molar-refractivity contribution in [3.8, 4) is 23.1 Å². The van der Waals surface area contributed by atoms with Crippen LogP contribution in [0.5, 0.6) is 23.1 Å². The second-order valence-corrected chi connectivity index (χ2v) is 7.24. The summed E-state index contributed by atoms with van der Waals surface area (Å²) < 4.78 is 11.1. The van der Waals surface area contributed by atoms with Crippen molar-refractivity contribution in [2.24, 2.45) is 0 Å². The van der Waals surface area contributed by atoms with Gasteiger partial charge in [-0.1, -0.05) is 24.9 Å². The maximum atomic E-state index is 12.2. The second kappa shape index (κ2) is 8.57. The van der Waals surface area contributed by atoms with Gasteiger partial charge in [0.25, 0.3) is 0 Å². The van der Waals surface area contributed by atoms with E-state index in [4.69, 9.17) is 21.1 Å². The molecule has 152 valence electrons. The van der Waals surface area contributed by atoms with Crippen molar-refractivity contribution in [3.63, 3.8) is 0 Å². The summed E-state index contributed by atoms with van der Waals surface area (Å²) in [5, 5.41) is 22.0. The number of esters is 1. The van der Waals surface area contributed by atoms with Crippen LogP contribution in [-0.4, -0.2) is 27.8 Å². The minimum absolute atomic E-state index is 0.216. The van der Waals surface area contributed by atoms with Gasteiger partial charge in [-0.15, -0.1) is 0 Å². The molecule has 0 amide bonds. The Morgan fingerprint density at radius 1 is 1.10 bits per heavy atom. The number of aromatic hydroxyl groups is 2. The van der Waals surface area contributed by atoms with E-state index < -0.39 is 5.97 Å². The van der Waals surface area contributed by atoms with Crippen LogP contribution in [-0.2, 0) is 4.74 Å². The molecule has 0 saturated heterocycles. The fraction of sp³-hybridized carbons (Fsp3) is 0.273. The lowest BCUT2D eigenvalue weighted by molar-refractivity contribution is 0.0488. The fourth-order valence-corrected chi connectivity index (χ4v) is 3.35. The van der Waals surface area contributed by atoms with E-state index in [1.54, 1.807) is 30.3 Å². The topological polar surface area (TPSA) is 88.9 Å². The monoisotopic (exact) mass is 415 g/mol. The van der Waals surface area contributed by atoms with Crippen LogP contribution in [0, 0.1) is 13.8 Å². The van der Waals surface area contributed by atoms with Gasteiger partial charge in [0.1, 0.15) is 11.5 Å². The zero-order valence-electron chi connectivity index (χ0n) is 16.5. The Balaban J connectivity index is 2.00. The third-order valence-corrected chi connectivity index (χ3v) is 4.72. The van der Waals surface area contributed by atoms with E-state index in [-0.39, 0.29) is 29.3 Å². The number of hydrogen-bond acceptors (Lipinski definition) is 6. The van der Waals surface area contributed by atoms with Gasteiger partial charge in [0.05, 0.1) is 6.61 Å². The number of rotatable bonds is 6. The van der Waals surface area contributed by atoms with Gasteiger partial charge in [-0.3, -0.25) is 0 Å². The minimum atomic E-state index is -0.788. The predicted octanol–water partition coefficient (Wildman–Crippen LogP) is 5.67. The maximum absolute atomic E-state index is 12.2. The number of carbonyl (C=O) groups excluding carboxylic acids is 1. The molecule has 0 radical (unpaired) electrons. The van der Waals surface area contributed by atoms with Crippen molar-refractivity contribution in [1.82, 2.24) is 4.98 Å². The lowest BCUT2D eigenvalue weighted by Gasteiger charge is -2.14. The van der Waals surface area contributed by atoms with Crippen LogP contribution in [0.25, 0.3) is 10.8 Å². The summed E-state index contributed by atoms with van der Waals surface area (Å²) in [5.41, 5.74) is 1.39. The first-order chi connectivity index (χ1) is 13.8. The van der Waals surface area contributed by atoms with E-state index in [2.05, 4.69) is 4.98 Å². The van der Waals surface area contributed by atoms with E-state index in [0.29, 0.717) is 28.3 Å². The molecule has 0 atom stereocenters. The summed E-state index contributed by atoms with van der Waals surface area (Å²) in [7, 11) is 0. The number of fused-ring (bicyclic) bond motifs is 1. The second-order valence-electron chi connectivity index (χ2n) is 6.80. The van der Waals surface area contributed by atoms with E-state index in [9.17, 15) is 15.0 Å². The van der Waals surface area contributed by atoms with Gasteiger partial charge in [-0.05, 0) is 61.7 Å². The molecule has 0 aliphatic carbocycles. The molecule has 29 heavy (non-hydrogen) atoms. The molecule has 3 aromatic rings. The Bertz CT molecular complexity index is 1060. The Kier molecular flexibility index (Phi) is 6.13. The summed E-state index contributed by atoms with van der Waals surface area (Å²) in [6.07, 6.45) is 1.56. The molecule has 6 nitrogen and oxygen atoms in total. The third kappa shape index (κ3) is 4.38. The summed E-state index contributed by atoms with van der Waals surface area (Å²) >= 11 is 6.07. The van der Waals surface area contributed by atoms with E-state index in [0.717, 1.165) is 17.5 Å². The molecule has 1 aromatic heterocycles. The van der Waals surface area contributed by atoms with Crippen LogP contribution in [0.1, 0.15) is 41.4 Å². The summed E-state index contributed by atoms with van der Waals surface area (Å²) in [6.45, 7) is 5.95. The molecular weight excluding hydrogens is 394 g/mol. The van der Waals surface area contributed by atoms with E-state index in [1.807, 2.05) is 20.8 Å². The van der Waals surface area contributed by atoms with Crippen molar-refractivity contribution in [3.05, 3.63) is 52.2 Å². The van der Waals surface area contributed by atoms with Crippen LogP contribution >= 0.6 is 11.6 Å². The van der Waals surface area contributed by atoms with Gasteiger partial charge in [0.2, 0.25) is 5.88 Å². The Morgan fingerprint density at radius 3 is 2.45 bits per heavy atom. The molecular formula is C22H22ClNO5. The molecule has 0 fully saturated rings. The number of aryl methyl sites for hydroxylation is 2. The summed E-state index contributed by atoms with van der Waals surface area (Å²) in [4.78, 5) is 16.0. The summed E-state index contributed by atoms with van der Waals surface area (Å²) in [5.74, 6) is -0.452. The van der Waals surface area contributed by atoms with Crippen molar-refractivity contribution in [1.29, 1.82) is 0 Å². The SMILES string of the molecule is CCCCOC(=O)c1nc(O)c2ccc(Oc3c(C)cc(Cl)cc3C)cc2c1O. The van der Waals surface area contributed by atoms with E-state index in [1.165, 1.54) is 0 Å². The lowest BCUT2D eigenvalue weighted by atomic mass is 10.1. The smallest absolute Gasteiger partial charge is 0.360 e. The highest BCUT2D eigenvalue weighted by Crippen LogP contribution is 2.38. The zero-order chi connectivity index (χ0) is 21.1. The first-order valence-electron chi connectivity index (χ1n) is 9.29. The number of unbranched alkanes of at least 4 members (excludes halogenated alkanes) is 1. The van der Waals surface area contributed by atoms with Crippen molar-refractivity contribution < 1.29 is 24.5 Å². The molecule has 0 saturated carbocycles. The number of pyridine rings is 1. The van der Waals surface area contributed by atoms with Crippen molar-refractivity contribution in [2.45, 2.75) is 33.6 Å². The van der Waals surface area contributed by atoms with Crippen molar-refractivity contribution in [2.75, 3.05) is 6.61 Å². The number of aromatic nitrogens is 1. The fourth-order valence-electron chi connectivity index (χ4n) is 3.02. The largest absolute Gasteiger partial charge is 0.505 e.